The Labute approximate surface area is 178 Å². The molecular weight excluding hydrogens is 356 g/mol. The number of fused-ring (bicyclic) bond motifs is 4. The molecule has 29 heavy (non-hydrogen) atoms. The average Bonchev–Trinajstić information content (AvgIpc) is 3.31. The second kappa shape index (κ2) is 6.81. The van der Waals surface area contributed by atoms with Crippen molar-refractivity contribution in [3.05, 3.63) is 0 Å². The summed E-state index contributed by atoms with van der Waals surface area (Å²) in [6.07, 6.45) is 14.3. The third-order valence-electron chi connectivity index (χ3n) is 11.2. The Morgan fingerprint density at radius 3 is 2.52 bits per heavy atom. The number of Topliss-reactive ketones (excluding diaryl/α,β-unsaturated/α-hetero) is 1. The van der Waals surface area contributed by atoms with E-state index in [0.29, 0.717) is 11.2 Å². The van der Waals surface area contributed by atoms with E-state index in [2.05, 4.69) is 34.6 Å². The van der Waals surface area contributed by atoms with Crippen molar-refractivity contribution < 1.29 is 9.53 Å². The highest BCUT2D eigenvalue weighted by atomic mass is 16.6. The van der Waals surface area contributed by atoms with Gasteiger partial charge in [-0.2, -0.15) is 0 Å². The molecule has 0 aromatic heterocycles. The Morgan fingerprint density at radius 1 is 0.966 bits per heavy atom. The van der Waals surface area contributed by atoms with Crippen LogP contribution in [-0.4, -0.2) is 17.5 Å². The molecule has 9 atom stereocenters. The summed E-state index contributed by atoms with van der Waals surface area (Å²) < 4.78 is 6.24. The van der Waals surface area contributed by atoms with E-state index in [4.69, 9.17) is 4.74 Å². The van der Waals surface area contributed by atoms with Crippen LogP contribution < -0.4 is 0 Å². The van der Waals surface area contributed by atoms with Gasteiger partial charge < -0.3 is 4.74 Å². The fourth-order valence-electron chi connectivity index (χ4n) is 9.52. The highest BCUT2D eigenvalue weighted by Crippen LogP contribution is 2.73. The Hall–Kier alpha value is -0.370. The van der Waals surface area contributed by atoms with Crippen LogP contribution in [-0.2, 0) is 9.53 Å². The molecule has 5 aliphatic rings. The highest BCUT2D eigenvalue weighted by molar-refractivity contribution is 5.88. The first-order chi connectivity index (χ1) is 13.7. The van der Waals surface area contributed by atoms with Gasteiger partial charge in [0.2, 0.25) is 0 Å². The van der Waals surface area contributed by atoms with Crippen molar-refractivity contribution >= 4 is 5.78 Å². The number of carbonyl (C=O) groups is 1. The van der Waals surface area contributed by atoms with Gasteiger partial charge in [0, 0.05) is 11.8 Å². The normalized spacial score (nSPS) is 51.8. The first-order valence-electron chi connectivity index (χ1n) is 12.9. The summed E-state index contributed by atoms with van der Waals surface area (Å²) in [5, 5.41) is 0. The minimum atomic E-state index is -0.0562. The van der Waals surface area contributed by atoms with E-state index in [9.17, 15) is 4.79 Å². The van der Waals surface area contributed by atoms with Gasteiger partial charge in [-0.15, -0.1) is 0 Å². The minimum Gasteiger partial charge on any atom is -0.357 e. The van der Waals surface area contributed by atoms with Crippen molar-refractivity contribution in [2.45, 2.75) is 117 Å². The molecule has 0 aromatic rings. The number of epoxide rings is 1. The van der Waals surface area contributed by atoms with Crippen LogP contribution in [0.5, 0.6) is 0 Å². The number of hydrogen-bond donors (Lipinski definition) is 0. The maximum Gasteiger partial charge on any atom is 0.164 e. The van der Waals surface area contributed by atoms with Gasteiger partial charge in [-0.3, -0.25) is 4.79 Å². The first kappa shape index (κ1) is 20.5. The fourth-order valence-corrected chi connectivity index (χ4v) is 9.52. The Bertz CT molecular complexity index is 669. The Balaban J connectivity index is 1.32. The van der Waals surface area contributed by atoms with Gasteiger partial charge in [0.15, 0.2) is 5.78 Å². The quantitative estimate of drug-likeness (QED) is 0.474. The molecular formula is C27H44O2. The van der Waals surface area contributed by atoms with Crippen LogP contribution in [0.2, 0.25) is 0 Å². The Kier molecular flexibility index (Phi) is 4.82. The molecule has 1 saturated heterocycles. The molecule has 5 rings (SSSR count). The lowest BCUT2D eigenvalue weighted by Crippen LogP contribution is -2.58. The maximum absolute atomic E-state index is 12.3. The maximum atomic E-state index is 12.3. The molecule has 0 N–H and O–H groups in total. The van der Waals surface area contributed by atoms with Gasteiger partial charge in [-0.25, -0.2) is 0 Å². The van der Waals surface area contributed by atoms with E-state index in [1.54, 1.807) is 0 Å². The van der Waals surface area contributed by atoms with E-state index >= 15 is 0 Å². The van der Waals surface area contributed by atoms with Crippen molar-refractivity contribution in [3.8, 4) is 0 Å². The monoisotopic (exact) mass is 400 g/mol. The lowest BCUT2D eigenvalue weighted by Gasteiger charge is -2.59. The average molecular weight is 401 g/mol. The largest absolute Gasteiger partial charge is 0.357 e. The van der Waals surface area contributed by atoms with Crippen LogP contribution in [0.15, 0.2) is 0 Å². The molecule has 5 fully saturated rings. The van der Waals surface area contributed by atoms with Crippen molar-refractivity contribution in [3.63, 3.8) is 0 Å². The molecule has 0 aromatic carbocycles. The molecule has 0 bridgehead atoms. The third-order valence-corrected chi connectivity index (χ3v) is 11.2. The van der Waals surface area contributed by atoms with Crippen molar-refractivity contribution in [2.24, 2.45) is 46.3 Å². The van der Waals surface area contributed by atoms with Gasteiger partial charge in [0.05, 0.1) is 0 Å². The van der Waals surface area contributed by atoms with Gasteiger partial charge in [0.1, 0.15) is 11.7 Å². The molecule has 1 aliphatic heterocycles. The van der Waals surface area contributed by atoms with E-state index in [-0.39, 0.29) is 17.1 Å². The lowest BCUT2D eigenvalue weighted by molar-refractivity contribution is -0.132. The lowest BCUT2D eigenvalue weighted by atomic mass is 9.44. The van der Waals surface area contributed by atoms with E-state index in [0.717, 1.165) is 54.8 Å². The summed E-state index contributed by atoms with van der Waals surface area (Å²) in [7, 11) is 0. The van der Waals surface area contributed by atoms with Crippen LogP contribution in [0.1, 0.15) is 105 Å². The molecule has 1 spiro atoms. The number of rotatable bonds is 5. The molecule has 164 valence electrons. The second-order valence-corrected chi connectivity index (χ2v) is 12.7. The van der Waals surface area contributed by atoms with Crippen LogP contribution in [0.4, 0.5) is 0 Å². The summed E-state index contributed by atoms with van der Waals surface area (Å²) in [6.45, 7) is 12.5. The molecule has 2 heteroatoms. The van der Waals surface area contributed by atoms with Gasteiger partial charge in [0.25, 0.3) is 0 Å². The summed E-state index contributed by atoms with van der Waals surface area (Å²) in [5.41, 5.74) is 0.768. The summed E-state index contributed by atoms with van der Waals surface area (Å²) in [6, 6.07) is 0. The van der Waals surface area contributed by atoms with E-state index < -0.39 is 0 Å². The minimum absolute atomic E-state index is 0.0344. The molecule has 2 nitrogen and oxygen atoms in total. The topological polar surface area (TPSA) is 29.6 Å². The van der Waals surface area contributed by atoms with Crippen molar-refractivity contribution in [1.82, 2.24) is 0 Å². The molecule has 0 amide bonds. The molecule has 4 saturated carbocycles. The standard InChI is InChI=1S/C27H44O2/c1-17(2)7-6-8-18(3)20-9-10-21-19-11-16-27-24(29-27)23(28)13-15-26(27,5)22(19)12-14-25(20,21)4/h17-22,24H,6-16H2,1-5H3/t18-,19+,20-,21+,22+,24?,25-,26-,27+/m1/s1. The van der Waals surface area contributed by atoms with Crippen LogP contribution in [0.3, 0.4) is 0 Å². The summed E-state index contributed by atoms with van der Waals surface area (Å²) in [4.78, 5) is 12.3. The Morgan fingerprint density at radius 2 is 1.76 bits per heavy atom. The SMILES string of the molecule is CC(C)CCC[C@@H](C)[C@H]1CC[C@H]2[C@@H]3CC[C@]45OC4C(=O)CC[C@]5(C)[C@H]3CC[C@]12C. The third kappa shape index (κ3) is 2.79. The first-order valence-corrected chi connectivity index (χ1v) is 12.9. The summed E-state index contributed by atoms with van der Waals surface area (Å²) >= 11 is 0. The van der Waals surface area contributed by atoms with E-state index in [1.807, 2.05) is 0 Å². The van der Waals surface area contributed by atoms with Gasteiger partial charge in [-0.1, -0.05) is 53.9 Å². The number of hydrogen-bond acceptors (Lipinski definition) is 2. The smallest absolute Gasteiger partial charge is 0.164 e. The predicted octanol–water partition coefficient (Wildman–Crippen LogP) is 6.81. The highest BCUT2D eigenvalue weighted by Gasteiger charge is 2.76. The summed E-state index contributed by atoms with van der Waals surface area (Å²) in [5.74, 6) is 5.66. The second-order valence-electron chi connectivity index (χ2n) is 12.7. The van der Waals surface area contributed by atoms with Crippen LogP contribution in [0.25, 0.3) is 0 Å². The number of carbonyl (C=O) groups excluding carboxylic acids is 1. The number of ether oxygens (including phenoxy) is 1. The predicted molar refractivity (Wildman–Crippen MR) is 118 cm³/mol. The van der Waals surface area contributed by atoms with Gasteiger partial charge >= 0.3 is 0 Å². The fraction of sp³-hybridized carbons (Fsp3) is 0.963. The van der Waals surface area contributed by atoms with Crippen molar-refractivity contribution in [2.75, 3.05) is 0 Å². The zero-order valence-electron chi connectivity index (χ0n) is 19.6. The van der Waals surface area contributed by atoms with Gasteiger partial charge in [-0.05, 0) is 85.9 Å². The molecule has 1 heterocycles. The molecule has 4 aliphatic carbocycles. The van der Waals surface area contributed by atoms with Crippen LogP contribution in [0, 0.1) is 46.3 Å². The van der Waals surface area contributed by atoms with E-state index in [1.165, 1.54) is 51.4 Å². The van der Waals surface area contributed by atoms with Crippen molar-refractivity contribution in [1.29, 1.82) is 0 Å². The molecule has 1 unspecified atom stereocenters. The zero-order chi connectivity index (χ0) is 20.6. The molecule has 0 radical (unpaired) electrons. The zero-order valence-corrected chi connectivity index (χ0v) is 19.6. The van der Waals surface area contributed by atoms with Crippen LogP contribution >= 0.6 is 0 Å². The number of ketones is 1.